The van der Waals surface area contributed by atoms with Crippen molar-refractivity contribution in [2.24, 2.45) is 5.73 Å². The van der Waals surface area contributed by atoms with Crippen molar-refractivity contribution in [1.29, 1.82) is 0 Å². The minimum Gasteiger partial charge on any atom is -0.376 e. The molecule has 0 spiro atoms. The molecule has 3 N–H and O–H groups in total. The van der Waals surface area contributed by atoms with Crippen molar-refractivity contribution >= 4 is 29.1 Å². The predicted octanol–water partition coefficient (Wildman–Crippen LogP) is 2.82. The van der Waals surface area contributed by atoms with Crippen molar-refractivity contribution in [2.45, 2.75) is 12.5 Å². The van der Waals surface area contributed by atoms with Gasteiger partial charge in [0.15, 0.2) is 0 Å². The zero-order valence-corrected chi connectivity index (χ0v) is 13.8. The number of hydrogen-bond acceptors (Lipinski definition) is 3. The zero-order valence-electron chi connectivity index (χ0n) is 13.0. The number of anilines is 1. The standard InChI is InChI=1S/C18H18ClN3O2/c19-14-5-1-12(2-6-14)16-9-10-22(16)17(23)11-21-15-7-3-13(4-8-15)18(20)24/h1-8,16,21H,9-11H2,(H2,20,24). The molecule has 2 amide bonds. The molecule has 0 bridgehead atoms. The molecule has 1 aliphatic heterocycles. The molecule has 3 rings (SSSR count). The molecular formula is C18H18ClN3O2. The van der Waals surface area contributed by atoms with Crippen LogP contribution in [0.2, 0.25) is 5.02 Å². The van der Waals surface area contributed by atoms with E-state index in [1.807, 2.05) is 29.2 Å². The van der Waals surface area contributed by atoms with E-state index in [0.29, 0.717) is 10.6 Å². The maximum absolute atomic E-state index is 12.4. The van der Waals surface area contributed by atoms with Crippen LogP contribution in [0, 0.1) is 0 Å². The fourth-order valence-electron chi connectivity index (χ4n) is 2.75. The molecule has 5 nitrogen and oxygen atoms in total. The van der Waals surface area contributed by atoms with Gasteiger partial charge < -0.3 is 16.0 Å². The lowest BCUT2D eigenvalue weighted by molar-refractivity contribution is -0.137. The molecule has 1 fully saturated rings. The second-order valence-corrected chi connectivity index (χ2v) is 6.17. The number of nitrogens with one attached hydrogen (secondary N) is 1. The lowest BCUT2D eigenvalue weighted by atomic mass is 9.94. The summed E-state index contributed by atoms with van der Waals surface area (Å²) in [6, 6.07) is 14.5. The highest BCUT2D eigenvalue weighted by Crippen LogP contribution is 2.33. The van der Waals surface area contributed by atoms with E-state index in [2.05, 4.69) is 5.32 Å². The quantitative estimate of drug-likeness (QED) is 0.876. The van der Waals surface area contributed by atoms with Gasteiger partial charge in [-0.3, -0.25) is 9.59 Å². The van der Waals surface area contributed by atoms with E-state index in [4.69, 9.17) is 17.3 Å². The monoisotopic (exact) mass is 343 g/mol. The molecule has 6 heteroatoms. The molecular weight excluding hydrogens is 326 g/mol. The number of likely N-dealkylation sites (tertiary alicyclic amines) is 1. The van der Waals surface area contributed by atoms with E-state index >= 15 is 0 Å². The van der Waals surface area contributed by atoms with E-state index in [0.717, 1.165) is 24.2 Å². The number of amides is 2. The molecule has 0 aromatic heterocycles. The Morgan fingerprint density at radius 2 is 1.79 bits per heavy atom. The summed E-state index contributed by atoms with van der Waals surface area (Å²) in [6.07, 6.45) is 0.959. The maximum Gasteiger partial charge on any atom is 0.248 e. The Labute approximate surface area is 145 Å². The summed E-state index contributed by atoms with van der Waals surface area (Å²) in [5.74, 6) is -0.427. The summed E-state index contributed by atoms with van der Waals surface area (Å²) in [4.78, 5) is 25.3. The van der Waals surface area contributed by atoms with Crippen molar-refractivity contribution in [3.8, 4) is 0 Å². The van der Waals surface area contributed by atoms with Gasteiger partial charge in [-0.15, -0.1) is 0 Å². The molecule has 2 aromatic carbocycles. The molecule has 2 aromatic rings. The second kappa shape index (κ2) is 6.93. The van der Waals surface area contributed by atoms with E-state index < -0.39 is 5.91 Å². The first-order valence-electron chi connectivity index (χ1n) is 7.73. The number of primary amides is 1. The topological polar surface area (TPSA) is 75.4 Å². The van der Waals surface area contributed by atoms with E-state index in [1.165, 1.54) is 0 Å². The van der Waals surface area contributed by atoms with Crippen molar-refractivity contribution in [3.63, 3.8) is 0 Å². The predicted molar refractivity (Wildman–Crippen MR) is 94.0 cm³/mol. The van der Waals surface area contributed by atoms with Crippen molar-refractivity contribution in [3.05, 3.63) is 64.7 Å². The molecule has 1 aliphatic rings. The van der Waals surface area contributed by atoms with Crippen LogP contribution in [0.1, 0.15) is 28.4 Å². The van der Waals surface area contributed by atoms with Crippen molar-refractivity contribution in [1.82, 2.24) is 4.90 Å². The number of halogens is 1. The molecule has 1 unspecified atom stereocenters. The first-order chi connectivity index (χ1) is 11.5. The number of rotatable bonds is 5. The fraction of sp³-hybridized carbons (Fsp3) is 0.222. The van der Waals surface area contributed by atoms with Crippen LogP contribution in [0.25, 0.3) is 0 Å². The van der Waals surface area contributed by atoms with Crippen LogP contribution in [-0.2, 0) is 4.79 Å². The molecule has 24 heavy (non-hydrogen) atoms. The van der Waals surface area contributed by atoms with Gasteiger partial charge >= 0.3 is 0 Å². The molecule has 1 atom stereocenters. The number of benzene rings is 2. The molecule has 124 valence electrons. The lowest BCUT2D eigenvalue weighted by Crippen LogP contribution is -2.47. The van der Waals surface area contributed by atoms with Crippen LogP contribution in [-0.4, -0.2) is 29.8 Å². The van der Waals surface area contributed by atoms with Gasteiger partial charge in [0.2, 0.25) is 11.8 Å². The van der Waals surface area contributed by atoms with Gasteiger partial charge in [-0.25, -0.2) is 0 Å². The Balaban J connectivity index is 1.57. The third-order valence-electron chi connectivity index (χ3n) is 4.21. The molecule has 0 saturated carbocycles. The summed E-state index contributed by atoms with van der Waals surface area (Å²) in [5.41, 5.74) is 7.52. The van der Waals surface area contributed by atoms with Crippen LogP contribution < -0.4 is 11.1 Å². The third kappa shape index (κ3) is 3.51. The largest absolute Gasteiger partial charge is 0.376 e. The van der Waals surface area contributed by atoms with Gasteiger partial charge in [0, 0.05) is 22.8 Å². The first kappa shape index (κ1) is 16.3. The summed E-state index contributed by atoms with van der Waals surface area (Å²) < 4.78 is 0. The average Bonchev–Trinajstić information content (AvgIpc) is 2.54. The average molecular weight is 344 g/mol. The zero-order chi connectivity index (χ0) is 17.1. The molecule has 1 saturated heterocycles. The Hall–Kier alpha value is -2.53. The Morgan fingerprint density at radius 1 is 1.12 bits per heavy atom. The Kier molecular flexibility index (Phi) is 4.71. The second-order valence-electron chi connectivity index (χ2n) is 5.74. The van der Waals surface area contributed by atoms with Gasteiger partial charge in [0.1, 0.15) is 0 Å². The number of carbonyl (C=O) groups is 2. The van der Waals surface area contributed by atoms with Crippen LogP contribution in [0.15, 0.2) is 48.5 Å². The molecule has 0 radical (unpaired) electrons. The first-order valence-corrected chi connectivity index (χ1v) is 8.11. The fourth-order valence-corrected chi connectivity index (χ4v) is 2.87. The smallest absolute Gasteiger partial charge is 0.248 e. The summed E-state index contributed by atoms with van der Waals surface area (Å²) in [7, 11) is 0. The lowest BCUT2D eigenvalue weighted by Gasteiger charge is -2.41. The summed E-state index contributed by atoms with van der Waals surface area (Å²) >= 11 is 5.91. The van der Waals surface area contributed by atoms with Crippen LogP contribution >= 0.6 is 11.6 Å². The summed E-state index contributed by atoms with van der Waals surface area (Å²) in [5, 5.41) is 3.77. The van der Waals surface area contributed by atoms with Crippen molar-refractivity contribution < 1.29 is 9.59 Å². The van der Waals surface area contributed by atoms with Crippen molar-refractivity contribution in [2.75, 3.05) is 18.4 Å². The maximum atomic E-state index is 12.4. The SMILES string of the molecule is NC(=O)c1ccc(NCC(=O)N2CCC2c2ccc(Cl)cc2)cc1. The minimum atomic E-state index is -0.469. The minimum absolute atomic E-state index is 0.0418. The van der Waals surface area contributed by atoms with Crippen LogP contribution in [0.4, 0.5) is 5.69 Å². The van der Waals surface area contributed by atoms with Gasteiger partial charge in [0.25, 0.3) is 0 Å². The molecule has 1 heterocycles. The van der Waals surface area contributed by atoms with Gasteiger partial charge in [-0.2, -0.15) is 0 Å². The number of carbonyl (C=O) groups excluding carboxylic acids is 2. The van der Waals surface area contributed by atoms with Crippen LogP contribution in [0.3, 0.4) is 0 Å². The highest BCUT2D eigenvalue weighted by Gasteiger charge is 2.32. The van der Waals surface area contributed by atoms with Gasteiger partial charge in [-0.1, -0.05) is 23.7 Å². The van der Waals surface area contributed by atoms with E-state index in [9.17, 15) is 9.59 Å². The van der Waals surface area contributed by atoms with E-state index in [-0.39, 0.29) is 18.5 Å². The summed E-state index contributed by atoms with van der Waals surface area (Å²) in [6.45, 7) is 0.967. The number of nitrogens with two attached hydrogens (primary N) is 1. The van der Waals surface area contributed by atoms with E-state index in [1.54, 1.807) is 24.3 Å². The van der Waals surface area contributed by atoms with Crippen LogP contribution in [0.5, 0.6) is 0 Å². The van der Waals surface area contributed by atoms with Gasteiger partial charge in [0.05, 0.1) is 12.6 Å². The van der Waals surface area contributed by atoms with Gasteiger partial charge in [-0.05, 0) is 48.4 Å². The Bertz CT molecular complexity index is 744. The number of nitrogens with zero attached hydrogens (tertiary/aromatic N) is 1. The highest BCUT2D eigenvalue weighted by atomic mass is 35.5. The highest BCUT2D eigenvalue weighted by molar-refractivity contribution is 6.30. The third-order valence-corrected chi connectivity index (χ3v) is 4.46. The normalized spacial score (nSPS) is 16.4. The molecule has 0 aliphatic carbocycles. The number of hydrogen-bond donors (Lipinski definition) is 2. The Morgan fingerprint density at radius 3 is 2.33 bits per heavy atom.